The average molecular weight is 670 g/mol. The highest BCUT2D eigenvalue weighted by Crippen LogP contribution is 2.43. The van der Waals surface area contributed by atoms with Crippen LogP contribution in [0.3, 0.4) is 0 Å². The van der Waals surface area contributed by atoms with E-state index in [4.69, 9.17) is 15.2 Å². The lowest BCUT2D eigenvalue weighted by Crippen LogP contribution is -2.49. The molecule has 2 fully saturated rings. The van der Waals surface area contributed by atoms with E-state index < -0.39 is 5.41 Å². The van der Waals surface area contributed by atoms with Crippen LogP contribution in [0.5, 0.6) is 5.75 Å². The molecular weight excluding hydrogens is 610 g/mol. The van der Waals surface area contributed by atoms with Crippen LogP contribution in [0.2, 0.25) is 0 Å². The van der Waals surface area contributed by atoms with E-state index >= 15 is 0 Å². The van der Waals surface area contributed by atoms with Gasteiger partial charge in [0.25, 0.3) is 0 Å². The molecule has 0 radical (unpaired) electrons. The summed E-state index contributed by atoms with van der Waals surface area (Å²) in [6, 6.07) is 22.9. The van der Waals surface area contributed by atoms with Crippen molar-refractivity contribution >= 4 is 5.91 Å². The lowest BCUT2D eigenvalue weighted by molar-refractivity contribution is -0.123. The number of piperidine rings is 1. The molecule has 2 aromatic carbocycles. The van der Waals surface area contributed by atoms with Gasteiger partial charge >= 0.3 is 0 Å². The number of carbonyl (C=O) groups excluding carboxylic acids is 1. The summed E-state index contributed by atoms with van der Waals surface area (Å²) >= 11 is 0. The molecule has 0 unspecified atom stereocenters. The maximum Gasteiger partial charge on any atom is 0.232 e. The first-order valence-corrected chi connectivity index (χ1v) is 18.7. The Morgan fingerprint density at radius 3 is 2.20 bits per heavy atom. The van der Waals surface area contributed by atoms with Gasteiger partial charge in [0, 0.05) is 56.8 Å². The van der Waals surface area contributed by atoms with Crippen LogP contribution in [0.25, 0.3) is 0 Å². The van der Waals surface area contributed by atoms with Crippen molar-refractivity contribution in [1.29, 1.82) is 0 Å². The Morgan fingerprint density at radius 2 is 1.55 bits per heavy atom. The predicted molar refractivity (Wildman–Crippen MR) is 198 cm³/mol. The molecule has 3 aromatic rings. The lowest BCUT2D eigenvalue weighted by atomic mass is 9.64. The van der Waals surface area contributed by atoms with Crippen LogP contribution in [0.4, 0.5) is 0 Å². The number of hydrogen-bond acceptors (Lipinski definition) is 7. The van der Waals surface area contributed by atoms with Gasteiger partial charge in [-0.3, -0.25) is 14.7 Å². The molecule has 1 aromatic heterocycles. The van der Waals surface area contributed by atoms with E-state index in [9.17, 15) is 4.79 Å². The van der Waals surface area contributed by atoms with Crippen molar-refractivity contribution in [2.24, 2.45) is 11.7 Å². The highest BCUT2D eigenvalue weighted by Gasteiger charge is 2.49. The van der Waals surface area contributed by atoms with Crippen LogP contribution in [0.1, 0.15) is 75.0 Å². The first-order chi connectivity index (χ1) is 24.1. The molecule has 8 heteroatoms. The number of unbranched alkanes of at least 4 members (excludes halogenated alkanes) is 2. The third-order valence-corrected chi connectivity index (χ3v) is 10.8. The van der Waals surface area contributed by atoms with Crippen molar-refractivity contribution in [3.63, 3.8) is 0 Å². The van der Waals surface area contributed by atoms with Crippen molar-refractivity contribution in [3.8, 4) is 5.75 Å². The number of benzene rings is 2. The van der Waals surface area contributed by atoms with E-state index in [0.717, 1.165) is 115 Å². The number of hydrogen-bond donors (Lipinski definition) is 1. The van der Waals surface area contributed by atoms with Crippen molar-refractivity contribution in [2.75, 3.05) is 66.1 Å². The fraction of sp³-hybridized carbons (Fsp3) is 0.561. The second-order valence-corrected chi connectivity index (χ2v) is 13.9. The normalized spacial score (nSPS) is 17.9. The second-order valence-electron chi connectivity index (χ2n) is 13.9. The maximum atomic E-state index is 13.3. The van der Waals surface area contributed by atoms with Gasteiger partial charge in [-0.25, -0.2) is 0 Å². The van der Waals surface area contributed by atoms with Crippen molar-refractivity contribution in [1.82, 2.24) is 19.7 Å². The zero-order valence-corrected chi connectivity index (χ0v) is 30.0. The number of primary amides is 1. The van der Waals surface area contributed by atoms with E-state index in [0.29, 0.717) is 6.04 Å². The quantitative estimate of drug-likeness (QED) is 0.145. The molecule has 0 aliphatic carbocycles. The molecule has 8 nitrogen and oxygen atoms in total. The Hall–Kier alpha value is -3.30. The number of pyridine rings is 1. The largest absolute Gasteiger partial charge is 0.496 e. The minimum absolute atomic E-state index is 0.147. The number of ether oxygens (including phenoxy) is 2. The molecule has 0 saturated carbocycles. The Kier molecular flexibility index (Phi) is 14.5. The van der Waals surface area contributed by atoms with E-state index in [1.807, 2.05) is 48.7 Å². The number of nitrogens with two attached hydrogens (primary N) is 1. The van der Waals surface area contributed by atoms with Crippen LogP contribution in [0, 0.1) is 5.92 Å². The molecule has 2 saturated heterocycles. The molecule has 266 valence electrons. The van der Waals surface area contributed by atoms with Gasteiger partial charge in [-0.1, -0.05) is 67.6 Å². The van der Waals surface area contributed by atoms with E-state index in [-0.39, 0.29) is 11.8 Å². The fourth-order valence-corrected chi connectivity index (χ4v) is 8.28. The standard InChI is InChI=1S/C41H59N5O3/c1-3-23-46(38-20-27-45(28-21-38)32-34-31-43-22-18-39(34)48-2)25-13-30-49-29-12-6-11-24-44-26-19-37(33-44)41(40(42)47,35-14-7-4-8-15-35)36-16-9-5-10-17-36/h4-5,7-10,14-18,22,31,37-38H,3,6,11-13,19-21,23-30,32-33H2,1-2H3,(H2,42,47)/t37-/m1/s1. The number of likely N-dealkylation sites (tertiary alicyclic amines) is 2. The van der Waals surface area contributed by atoms with E-state index in [1.54, 1.807) is 13.3 Å². The molecule has 49 heavy (non-hydrogen) atoms. The van der Waals surface area contributed by atoms with Crippen LogP contribution >= 0.6 is 0 Å². The summed E-state index contributed by atoms with van der Waals surface area (Å²) in [7, 11) is 1.74. The van der Waals surface area contributed by atoms with Gasteiger partial charge < -0.3 is 25.0 Å². The van der Waals surface area contributed by atoms with Gasteiger partial charge in [0.15, 0.2) is 0 Å². The average Bonchev–Trinajstić information content (AvgIpc) is 3.61. The van der Waals surface area contributed by atoms with Crippen LogP contribution in [-0.2, 0) is 21.5 Å². The van der Waals surface area contributed by atoms with E-state index in [2.05, 4.69) is 50.9 Å². The number of rotatable bonds is 20. The molecular formula is C41H59N5O3. The third kappa shape index (κ3) is 9.69. The number of methoxy groups -OCH3 is 1. The van der Waals surface area contributed by atoms with Gasteiger partial charge in [-0.2, -0.15) is 0 Å². The molecule has 1 atom stereocenters. The Morgan fingerprint density at radius 1 is 0.878 bits per heavy atom. The molecule has 0 spiro atoms. The van der Waals surface area contributed by atoms with Gasteiger partial charge in [0.2, 0.25) is 5.91 Å². The number of nitrogens with zero attached hydrogens (tertiary/aromatic N) is 4. The molecule has 2 aliphatic rings. The second kappa shape index (κ2) is 19.2. The summed E-state index contributed by atoms with van der Waals surface area (Å²) in [5.41, 5.74) is 8.63. The summed E-state index contributed by atoms with van der Waals surface area (Å²) in [5.74, 6) is 0.824. The first-order valence-electron chi connectivity index (χ1n) is 18.7. The SMILES string of the molecule is CCCN(CCCOCCCCCN1CC[C@@H](C(C(N)=O)(c2ccccc2)c2ccccc2)C1)C1CCN(Cc2cnccc2OC)CC1. The summed E-state index contributed by atoms with van der Waals surface area (Å²) < 4.78 is 11.6. The zero-order valence-electron chi connectivity index (χ0n) is 30.0. The fourth-order valence-electron chi connectivity index (χ4n) is 8.28. The Balaban J connectivity index is 0.975. The number of aromatic nitrogens is 1. The van der Waals surface area contributed by atoms with Gasteiger partial charge in [-0.15, -0.1) is 0 Å². The third-order valence-electron chi connectivity index (χ3n) is 10.8. The number of carbonyl (C=O) groups is 1. The predicted octanol–water partition coefficient (Wildman–Crippen LogP) is 6.14. The molecule has 0 bridgehead atoms. The van der Waals surface area contributed by atoms with Crippen molar-refractivity contribution < 1.29 is 14.3 Å². The maximum absolute atomic E-state index is 13.3. The highest BCUT2D eigenvalue weighted by molar-refractivity contribution is 5.91. The molecule has 2 N–H and O–H groups in total. The smallest absolute Gasteiger partial charge is 0.232 e. The number of amides is 1. The topological polar surface area (TPSA) is 84.2 Å². The minimum Gasteiger partial charge on any atom is -0.496 e. The summed E-state index contributed by atoms with van der Waals surface area (Å²) in [6.45, 7) is 12.3. The van der Waals surface area contributed by atoms with Crippen LogP contribution in [0.15, 0.2) is 79.1 Å². The lowest BCUT2D eigenvalue weighted by Gasteiger charge is -2.38. The molecule has 5 rings (SSSR count). The summed E-state index contributed by atoms with van der Waals surface area (Å²) in [4.78, 5) is 25.4. The Labute approximate surface area is 295 Å². The monoisotopic (exact) mass is 669 g/mol. The van der Waals surface area contributed by atoms with Gasteiger partial charge in [0.1, 0.15) is 11.2 Å². The Bertz CT molecular complexity index is 1340. The van der Waals surface area contributed by atoms with E-state index in [1.165, 1.54) is 24.8 Å². The zero-order chi connectivity index (χ0) is 34.3. The minimum atomic E-state index is -0.815. The van der Waals surface area contributed by atoms with Gasteiger partial charge in [0.05, 0.1) is 7.11 Å². The van der Waals surface area contributed by atoms with Crippen molar-refractivity contribution in [2.45, 2.75) is 76.3 Å². The van der Waals surface area contributed by atoms with Gasteiger partial charge in [-0.05, 0) is 107 Å². The molecule has 3 heterocycles. The summed E-state index contributed by atoms with van der Waals surface area (Å²) in [6.07, 6.45) is 12.8. The van der Waals surface area contributed by atoms with Crippen LogP contribution in [-0.4, -0.2) is 97.8 Å². The first kappa shape index (κ1) is 37.0. The molecule has 2 aliphatic heterocycles. The van der Waals surface area contributed by atoms with Crippen LogP contribution < -0.4 is 10.5 Å². The highest BCUT2D eigenvalue weighted by atomic mass is 16.5. The summed E-state index contributed by atoms with van der Waals surface area (Å²) in [5, 5.41) is 0. The van der Waals surface area contributed by atoms with Crippen molar-refractivity contribution in [3.05, 3.63) is 95.8 Å². The molecule has 1 amide bonds.